The van der Waals surface area contributed by atoms with Gasteiger partial charge in [0, 0.05) is 23.9 Å². The Balaban J connectivity index is 2.84. The molecule has 0 spiro atoms. The summed E-state index contributed by atoms with van der Waals surface area (Å²) in [6.07, 6.45) is 7.66. The van der Waals surface area contributed by atoms with Crippen LogP contribution in [0.4, 0.5) is 0 Å². The third-order valence-corrected chi connectivity index (χ3v) is 1.88. The minimum Gasteiger partial charge on any atom is -0.302 e. The van der Waals surface area contributed by atoms with E-state index in [2.05, 4.69) is 15.9 Å². The second-order valence-corrected chi connectivity index (χ2v) is 3.52. The molecule has 0 bridgehead atoms. The first-order chi connectivity index (χ1) is 6.63. The molecule has 0 N–H and O–H groups in total. The second-order valence-electron chi connectivity index (χ2n) is 3.52. The van der Waals surface area contributed by atoms with Crippen LogP contribution in [0.3, 0.4) is 0 Å². The summed E-state index contributed by atoms with van der Waals surface area (Å²) < 4.78 is 0. The summed E-state index contributed by atoms with van der Waals surface area (Å²) in [5.41, 5.74) is 2.02. The summed E-state index contributed by atoms with van der Waals surface area (Å²) in [7, 11) is 3.99. The highest BCUT2D eigenvalue weighted by molar-refractivity contribution is 5.20. The molecule has 0 aromatic carbocycles. The average Bonchev–Trinajstić information content (AvgIpc) is 2.09. The number of aryl methyl sites for hydroxylation is 1. The molecule has 0 radical (unpaired) electrons. The molecule has 0 saturated carbocycles. The molecule has 1 aromatic rings. The summed E-state index contributed by atoms with van der Waals surface area (Å²) in [6.45, 7) is 2.73. The molecule has 3 nitrogen and oxygen atoms in total. The van der Waals surface area contributed by atoms with Crippen LogP contribution in [-0.2, 0) is 13.0 Å². The zero-order valence-electron chi connectivity index (χ0n) is 8.91. The SMILES string of the molecule is C#CCc1cnc(CN(C)C)nc1C. The van der Waals surface area contributed by atoms with Crippen molar-refractivity contribution >= 4 is 0 Å². The Hall–Kier alpha value is -1.40. The van der Waals surface area contributed by atoms with Crippen molar-refractivity contribution in [3.05, 3.63) is 23.3 Å². The molecule has 0 amide bonds. The molecule has 1 heterocycles. The molecule has 3 heteroatoms. The van der Waals surface area contributed by atoms with Crippen molar-refractivity contribution in [3.63, 3.8) is 0 Å². The molecule has 0 atom stereocenters. The lowest BCUT2D eigenvalue weighted by molar-refractivity contribution is 0.389. The lowest BCUT2D eigenvalue weighted by atomic mass is 10.2. The van der Waals surface area contributed by atoms with Gasteiger partial charge in [-0.05, 0) is 21.0 Å². The van der Waals surface area contributed by atoms with Gasteiger partial charge in [-0.1, -0.05) is 0 Å². The molecule has 0 aliphatic carbocycles. The van der Waals surface area contributed by atoms with Gasteiger partial charge in [-0.25, -0.2) is 9.97 Å². The zero-order valence-corrected chi connectivity index (χ0v) is 8.91. The third-order valence-electron chi connectivity index (χ3n) is 1.88. The van der Waals surface area contributed by atoms with Gasteiger partial charge < -0.3 is 4.90 Å². The van der Waals surface area contributed by atoms with Crippen LogP contribution in [0.2, 0.25) is 0 Å². The fraction of sp³-hybridized carbons (Fsp3) is 0.455. The van der Waals surface area contributed by atoms with Gasteiger partial charge in [-0.3, -0.25) is 0 Å². The van der Waals surface area contributed by atoms with Crippen molar-refractivity contribution in [3.8, 4) is 12.3 Å². The molecule has 1 rings (SSSR count). The standard InChI is InChI=1S/C11H15N3/c1-5-6-10-7-12-11(8-14(3)4)13-9(10)2/h1,7H,6,8H2,2-4H3. The van der Waals surface area contributed by atoms with Crippen LogP contribution in [0.15, 0.2) is 6.20 Å². The Kier molecular flexibility index (Phi) is 3.61. The molecule has 0 aliphatic heterocycles. The van der Waals surface area contributed by atoms with Gasteiger partial charge in [0.05, 0.1) is 6.54 Å². The van der Waals surface area contributed by atoms with E-state index in [-0.39, 0.29) is 0 Å². The topological polar surface area (TPSA) is 29.0 Å². The van der Waals surface area contributed by atoms with Crippen LogP contribution in [0.25, 0.3) is 0 Å². The van der Waals surface area contributed by atoms with E-state index in [1.54, 1.807) is 0 Å². The maximum atomic E-state index is 5.23. The lowest BCUT2D eigenvalue weighted by Crippen LogP contribution is -2.14. The minimum atomic E-state index is 0.605. The van der Waals surface area contributed by atoms with Gasteiger partial charge in [0.25, 0.3) is 0 Å². The molecule has 14 heavy (non-hydrogen) atoms. The van der Waals surface area contributed by atoms with E-state index in [1.807, 2.05) is 32.1 Å². The highest BCUT2D eigenvalue weighted by Gasteiger charge is 2.02. The van der Waals surface area contributed by atoms with Crippen molar-refractivity contribution in [2.75, 3.05) is 14.1 Å². The third kappa shape index (κ3) is 2.82. The van der Waals surface area contributed by atoms with E-state index in [9.17, 15) is 0 Å². The van der Waals surface area contributed by atoms with Crippen LogP contribution in [0, 0.1) is 19.3 Å². The number of rotatable bonds is 3. The first-order valence-electron chi connectivity index (χ1n) is 4.53. The molecular weight excluding hydrogens is 174 g/mol. The first kappa shape index (κ1) is 10.7. The fourth-order valence-corrected chi connectivity index (χ4v) is 1.18. The average molecular weight is 189 g/mol. The molecule has 1 aromatic heterocycles. The predicted octanol–water partition coefficient (Wildman–Crippen LogP) is 1.02. The Labute approximate surface area is 85.2 Å². The van der Waals surface area contributed by atoms with Crippen molar-refractivity contribution in [1.29, 1.82) is 0 Å². The molecule has 0 saturated heterocycles. The Morgan fingerprint density at radius 2 is 2.21 bits per heavy atom. The number of terminal acetylenes is 1. The number of hydrogen-bond acceptors (Lipinski definition) is 3. The van der Waals surface area contributed by atoms with Crippen molar-refractivity contribution in [2.45, 2.75) is 19.9 Å². The van der Waals surface area contributed by atoms with Crippen LogP contribution >= 0.6 is 0 Å². The summed E-state index contributed by atoms with van der Waals surface area (Å²) in [4.78, 5) is 10.7. The Morgan fingerprint density at radius 1 is 1.50 bits per heavy atom. The van der Waals surface area contributed by atoms with Crippen LogP contribution < -0.4 is 0 Å². The first-order valence-corrected chi connectivity index (χ1v) is 4.53. The van der Waals surface area contributed by atoms with Gasteiger partial charge in [0.15, 0.2) is 0 Å². The summed E-state index contributed by atoms with van der Waals surface area (Å²) in [6, 6.07) is 0. The van der Waals surface area contributed by atoms with Crippen LogP contribution in [-0.4, -0.2) is 29.0 Å². The van der Waals surface area contributed by atoms with Crippen LogP contribution in [0.5, 0.6) is 0 Å². The van der Waals surface area contributed by atoms with E-state index in [4.69, 9.17) is 6.42 Å². The van der Waals surface area contributed by atoms with Gasteiger partial charge >= 0.3 is 0 Å². The number of hydrogen-bond donors (Lipinski definition) is 0. The van der Waals surface area contributed by atoms with Gasteiger partial charge in [-0.15, -0.1) is 12.3 Å². The zero-order chi connectivity index (χ0) is 10.6. The number of aromatic nitrogens is 2. The smallest absolute Gasteiger partial charge is 0.142 e. The highest BCUT2D eigenvalue weighted by Crippen LogP contribution is 2.05. The predicted molar refractivity (Wildman–Crippen MR) is 56.7 cm³/mol. The van der Waals surface area contributed by atoms with Gasteiger partial charge in [-0.2, -0.15) is 0 Å². The van der Waals surface area contributed by atoms with E-state index in [0.29, 0.717) is 6.42 Å². The summed E-state index contributed by atoms with van der Waals surface area (Å²) >= 11 is 0. The molecule has 0 unspecified atom stereocenters. The Morgan fingerprint density at radius 3 is 2.71 bits per heavy atom. The fourth-order valence-electron chi connectivity index (χ4n) is 1.18. The second kappa shape index (κ2) is 4.73. The maximum absolute atomic E-state index is 5.23. The van der Waals surface area contributed by atoms with Crippen molar-refractivity contribution < 1.29 is 0 Å². The number of nitrogens with zero attached hydrogens (tertiary/aromatic N) is 3. The van der Waals surface area contributed by atoms with E-state index < -0.39 is 0 Å². The molecule has 0 aliphatic rings. The van der Waals surface area contributed by atoms with Gasteiger partial charge in [0.2, 0.25) is 0 Å². The van der Waals surface area contributed by atoms with Crippen molar-refractivity contribution in [1.82, 2.24) is 14.9 Å². The highest BCUT2D eigenvalue weighted by atomic mass is 15.1. The van der Waals surface area contributed by atoms with Crippen molar-refractivity contribution in [2.24, 2.45) is 0 Å². The summed E-state index contributed by atoms with van der Waals surface area (Å²) in [5, 5.41) is 0. The molecular formula is C11H15N3. The van der Waals surface area contributed by atoms with E-state index in [1.165, 1.54) is 0 Å². The van der Waals surface area contributed by atoms with Gasteiger partial charge in [0.1, 0.15) is 5.82 Å². The van der Waals surface area contributed by atoms with Crippen LogP contribution in [0.1, 0.15) is 17.1 Å². The Bertz CT molecular complexity index is 350. The maximum Gasteiger partial charge on any atom is 0.142 e. The van der Waals surface area contributed by atoms with E-state index >= 15 is 0 Å². The summed E-state index contributed by atoms with van der Waals surface area (Å²) in [5.74, 6) is 3.44. The monoisotopic (exact) mass is 189 g/mol. The largest absolute Gasteiger partial charge is 0.302 e. The lowest BCUT2D eigenvalue weighted by Gasteiger charge is -2.09. The molecule has 0 fully saturated rings. The minimum absolute atomic E-state index is 0.605. The van der Waals surface area contributed by atoms with E-state index in [0.717, 1.165) is 23.6 Å². The molecule has 74 valence electrons. The normalized spacial score (nSPS) is 10.2. The quantitative estimate of drug-likeness (QED) is 0.665.